The summed E-state index contributed by atoms with van der Waals surface area (Å²) >= 11 is 7.72. The van der Waals surface area contributed by atoms with E-state index in [1.807, 2.05) is 24.0 Å². The summed E-state index contributed by atoms with van der Waals surface area (Å²) in [6, 6.07) is 7.17. The molecule has 1 aromatic carbocycles. The van der Waals surface area contributed by atoms with Gasteiger partial charge in [-0.25, -0.2) is 9.78 Å². The zero-order valence-electron chi connectivity index (χ0n) is 14.6. The molecule has 0 saturated carbocycles. The number of aromatic nitrogens is 1. The van der Waals surface area contributed by atoms with Crippen LogP contribution >= 0.6 is 22.9 Å². The lowest BCUT2D eigenvalue weighted by Gasteiger charge is -2.22. The van der Waals surface area contributed by atoms with Crippen LogP contribution in [0.1, 0.15) is 22.0 Å². The Balaban J connectivity index is 1.55. The van der Waals surface area contributed by atoms with Crippen molar-refractivity contribution < 1.29 is 4.79 Å². The summed E-state index contributed by atoms with van der Waals surface area (Å²) in [6.45, 7) is 8.36. The maximum absolute atomic E-state index is 12.5. The van der Waals surface area contributed by atoms with Gasteiger partial charge in [0.15, 0.2) is 0 Å². The van der Waals surface area contributed by atoms with Gasteiger partial charge in [-0.3, -0.25) is 4.90 Å². The van der Waals surface area contributed by atoms with Gasteiger partial charge in [0.25, 0.3) is 0 Å². The Morgan fingerprint density at radius 3 is 2.84 bits per heavy atom. The smallest absolute Gasteiger partial charge is 0.321 e. The van der Waals surface area contributed by atoms with Crippen LogP contribution in [0.5, 0.6) is 0 Å². The van der Waals surface area contributed by atoms with Gasteiger partial charge in [0.2, 0.25) is 0 Å². The molecule has 0 radical (unpaired) electrons. The van der Waals surface area contributed by atoms with E-state index in [2.05, 4.69) is 22.1 Å². The first kappa shape index (κ1) is 18.2. The average molecular weight is 379 g/mol. The van der Waals surface area contributed by atoms with Gasteiger partial charge >= 0.3 is 6.03 Å². The van der Waals surface area contributed by atoms with Crippen LogP contribution in [0.25, 0.3) is 0 Å². The molecule has 0 unspecified atom stereocenters. The summed E-state index contributed by atoms with van der Waals surface area (Å²) in [5.74, 6) is 0. The molecule has 1 fully saturated rings. The van der Waals surface area contributed by atoms with Crippen LogP contribution in [-0.2, 0) is 6.54 Å². The van der Waals surface area contributed by atoms with Gasteiger partial charge in [0, 0.05) is 48.3 Å². The molecule has 134 valence electrons. The Morgan fingerprint density at radius 2 is 2.12 bits per heavy atom. The molecule has 2 heterocycles. The van der Waals surface area contributed by atoms with Gasteiger partial charge < -0.3 is 10.2 Å². The lowest BCUT2D eigenvalue weighted by Crippen LogP contribution is -2.38. The van der Waals surface area contributed by atoms with Crippen molar-refractivity contribution in [2.24, 2.45) is 0 Å². The Morgan fingerprint density at radius 1 is 1.28 bits per heavy atom. The molecule has 1 aromatic heterocycles. The number of thiazole rings is 1. The quantitative estimate of drug-likeness (QED) is 0.872. The normalized spacial score (nSPS) is 15.9. The van der Waals surface area contributed by atoms with Crippen LogP contribution in [0.15, 0.2) is 24.3 Å². The Labute approximate surface area is 157 Å². The Hall–Kier alpha value is -1.63. The van der Waals surface area contributed by atoms with Gasteiger partial charge in [-0.2, -0.15) is 0 Å². The number of carbonyl (C=O) groups is 1. The second kappa shape index (κ2) is 8.17. The SMILES string of the molecule is Cc1nc(CN2CCCN(C(=O)Nc3cccc(Cl)c3)CC2)c(C)s1. The lowest BCUT2D eigenvalue weighted by molar-refractivity contribution is 0.211. The topological polar surface area (TPSA) is 48.5 Å². The number of hydrogen-bond donors (Lipinski definition) is 1. The fraction of sp³-hybridized carbons (Fsp3) is 0.444. The van der Waals surface area contributed by atoms with Gasteiger partial charge in [-0.15, -0.1) is 11.3 Å². The van der Waals surface area contributed by atoms with E-state index >= 15 is 0 Å². The molecule has 1 aliphatic heterocycles. The molecule has 5 nitrogen and oxygen atoms in total. The molecule has 0 spiro atoms. The van der Waals surface area contributed by atoms with Crippen molar-refractivity contribution in [1.82, 2.24) is 14.8 Å². The maximum Gasteiger partial charge on any atom is 0.321 e. The average Bonchev–Trinajstić information content (AvgIpc) is 2.74. The fourth-order valence-electron chi connectivity index (χ4n) is 3.03. The number of carbonyl (C=O) groups excluding carboxylic acids is 1. The third-order valence-corrected chi connectivity index (χ3v) is 5.49. The highest BCUT2D eigenvalue weighted by atomic mass is 35.5. The van der Waals surface area contributed by atoms with E-state index in [1.165, 1.54) is 10.6 Å². The molecule has 0 bridgehead atoms. The fourth-order valence-corrected chi connectivity index (χ4v) is 4.05. The summed E-state index contributed by atoms with van der Waals surface area (Å²) in [5.41, 5.74) is 1.89. The van der Waals surface area contributed by atoms with Crippen molar-refractivity contribution in [3.8, 4) is 0 Å². The molecule has 2 amide bonds. The van der Waals surface area contributed by atoms with Crippen LogP contribution in [0, 0.1) is 13.8 Å². The summed E-state index contributed by atoms with van der Waals surface area (Å²) in [7, 11) is 0. The molecular weight excluding hydrogens is 356 g/mol. The second-order valence-corrected chi connectivity index (χ2v) is 8.14. The summed E-state index contributed by atoms with van der Waals surface area (Å²) in [5, 5.41) is 4.67. The number of nitrogens with zero attached hydrogens (tertiary/aromatic N) is 3. The number of halogens is 1. The van der Waals surface area contributed by atoms with Crippen molar-refractivity contribution in [1.29, 1.82) is 0 Å². The van der Waals surface area contributed by atoms with E-state index in [4.69, 9.17) is 11.6 Å². The number of aryl methyl sites for hydroxylation is 2. The summed E-state index contributed by atoms with van der Waals surface area (Å²) < 4.78 is 0. The number of nitrogens with one attached hydrogen (secondary N) is 1. The molecule has 7 heteroatoms. The van der Waals surface area contributed by atoms with E-state index in [9.17, 15) is 4.79 Å². The molecule has 3 rings (SSSR count). The minimum atomic E-state index is -0.0650. The highest BCUT2D eigenvalue weighted by molar-refractivity contribution is 7.11. The minimum absolute atomic E-state index is 0.0650. The molecule has 2 aromatic rings. The van der Waals surface area contributed by atoms with Gasteiger partial charge in [-0.05, 0) is 38.5 Å². The molecule has 1 aliphatic rings. The third-order valence-electron chi connectivity index (χ3n) is 4.32. The second-order valence-electron chi connectivity index (χ2n) is 6.29. The van der Waals surface area contributed by atoms with Crippen LogP contribution in [0.3, 0.4) is 0 Å². The molecular formula is C18H23ClN4OS. The number of hydrogen-bond acceptors (Lipinski definition) is 4. The van der Waals surface area contributed by atoms with Crippen molar-refractivity contribution in [2.75, 3.05) is 31.5 Å². The van der Waals surface area contributed by atoms with E-state index < -0.39 is 0 Å². The first-order chi connectivity index (χ1) is 12.0. The van der Waals surface area contributed by atoms with E-state index in [1.54, 1.807) is 23.5 Å². The highest BCUT2D eigenvalue weighted by Crippen LogP contribution is 2.19. The Kier molecular flexibility index (Phi) is 5.93. The van der Waals surface area contributed by atoms with Crippen molar-refractivity contribution in [3.63, 3.8) is 0 Å². The monoisotopic (exact) mass is 378 g/mol. The minimum Gasteiger partial charge on any atom is -0.323 e. The predicted molar refractivity (Wildman–Crippen MR) is 104 cm³/mol. The van der Waals surface area contributed by atoms with E-state index in [0.29, 0.717) is 11.6 Å². The van der Waals surface area contributed by atoms with Crippen LogP contribution in [0.4, 0.5) is 10.5 Å². The number of amides is 2. The zero-order valence-corrected chi connectivity index (χ0v) is 16.2. The lowest BCUT2D eigenvalue weighted by atomic mass is 10.3. The van der Waals surface area contributed by atoms with Gasteiger partial charge in [0.1, 0.15) is 0 Å². The summed E-state index contributed by atoms with van der Waals surface area (Å²) in [6.07, 6.45) is 0.963. The standard InChI is InChI=1S/C18H23ClN4OS/c1-13-17(20-14(2)25-13)12-22-7-4-8-23(10-9-22)18(24)21-16-6-3-5-15(19)11-16/h3,5-6,11H,4,7-10,12H2,1-2H3,(H,21,24). The van der Waals surface area contributed by atoms with Gasteiger partial charge in [0.05, 0.1) is 10.7 Å². The van der Waals surface area contributed by atoms with Crippen LogP contribution in [0.2, 0.25) is 5.02 Å². The molecule has 0 aliphatic carbocycles. The van der Waals surface area contributed by atoms with E-state index in [0.717, 1.165) is 43.3 Å². The molecule has 1 saturated heterocycles. The Bertz CT molecular complexity index is 748. The molecule has 0 atom stereocenters. The van der Waals surface area contributed by atoms with E-state index in [-0.39, 0.29) is 6.03 Å². The largest absolute Gasteiger partial charge is 0.323 e. The summed E-state index contributed by atoms with van der Waals surface area (Å²) in [4.78, 5) is 22.7. The molecule has 1 N–H and O–H groups in total. The highest BCUT2D eigenvalue weighted by Gasteiger charge is 2.20. The third kappa shape index (κ3) is 4.93. The van der Waals surface area contributed by atoms with Crippen molar-refractivity contribution >= 4 is 34.7 Å². The van der Waals surface area contributed by atoms with Gasteiger partial charge in [-0.1, -0.05) is 17.7 Å². The van der Waals surface area contributed by atoms with Crippen LogP contribution in [-0.4, -0.2) is 47.0 Å². The number of benzene rings is 1. The number of urea groups is 1. The first-order valence-corrected chi connectivity index (χ1v) is 9.67. The predicted octanol–water partition coefficient (Wildman–Crippen LogP) is 4.15. The van der Waals surface area contributed by atoms with Crippen molar-refractivity contribution in [3.05, 3.63) is 44.9 Å². The number of rotatable bonds is 3. The van der Waals surface area contributed by atoms with Crippen molar-refractivity contribution in [2.45, 2.75) is 26.8 Å². The van der Waals surface area contributed by atoms with Crippen LogP contribution < -0.4 is 5.32 Å². The molecule has 25 heavy (non-hydrogen) atoms. The maximum atomic E-state index is 12.5. The number of anilines is 1. The zero-order chi connectivity index (χ0) is 17.8. The first-order valence-electron chi connectivity index (χ1n) is 8.48.